The fraction of sp³-hybridized carbons (Fsp3) is 0.667. The van der Waals surface area contributed by atoms with Crippen LogP contribution in [0.15, 0.2) is 36.4 Å². The maximum atomic E-state index is 14.1. The number of unbranched alkanes of at least 4 members (excludes halogenated alkanes) is 15. The van der Waals surface area contributed by atoms with Gasteiger partial charge in [0.15, 0.2) is 59.3 Å². The predicted octanol–water partition coefficient (Wildman–Crippen LogP) is 12.9. The Morgan fingerprint density at radius 1 is 0.377 bits per heavy atom. The van der Waals surface area contributed by atoms with Crippen LogP contribution in [-0.2, 0) is 47.7 Å². The van der Waals surface area contributed by atoms with E-state index >= 15 is 0 Å². The fourth-order valence-corrected chi connectivity index (χ4v) is 7.33. The molecule has 0 unspecified atom stereocenters. The molecule has 0 aromatic heterocycles. The van der Waals surface area contributed by atoms with Crippen molar-refractivity contribution in [2.75, 3.05) is 33.0 Å². The molecule has 0 radical (unpaired) electrons. The second-order valence-corrected chi connectivity index (χ2v) is 19.3. The molecule has 0 aliphatic rings. The van der Waals surface area contributed by atoms with Crippen LogP contribution in [0.4, 0.5) is 0 Å². The average Bonchev–Trinajstić information content (AvgIpc) is 3.41. The Bertz CT molecular complexity index is 2040. The molecule has 0 saturated heterocycles. The maximum Gasteiger partial charge on any atom is 0.340 e. The van der Waals surface area contributed by atoms with Crippen molar-refractivity contribution in [2.45, 2.75) is 228 Å². The Morgan fingerprint density at radius 3 is 0.987 bits per heavy atom. The summed E-state index contributed by atoms with van der Waals surface area (Å²) in [5.41, 5.74) is -0.328. The van der Waals surface area contributed by atoms with Gasteiger partial charge in [0.1, 0.15) is 5.76 Å². The first-order valence-corrected chi connectivity index (χ1v) is 28.4. The second-order valence-electron chi connectivity index (χ2n) is 19.3. The van der Waals surface area contributed by atoms with Crippen molar-refractivity contribution in [1.29, 1.82) is 0 Å². The van der Waals surface area contributed by atoms with Gasteiger partial charge in [0.05, 0.1) is 0 Å². The molecule has 2 aromatic carbocycles. The van der Waals surface area contributed by atoms with Gasteiger partial charge in [-0.25, -0.2) is 24.0 Å². The van der Waals surface area contributed by atoms with Gasteiger partial charge in [-0.3, -0.25) is 4.79 Å². The maximum absolute atomic E-state index is 14.1. The molecule has 2 rings (SSSR count). The first-order chi connectivity index (χ1) is 37.0. The van der Waals surface area contributed by atoms with Crippen LogP contribution < -0.4 is 23.7 Å². The van der Waals surface area contributed by atoms with Crippen molar-refractivity contribution >= 4 is 41.4 Å². The van der Waals surface area contributed by atoms with Crippen LogP contribution >= 0.6 is 0 Å². The smallest absolute Gasteiger partial charge is 0.340 e. The molecule has 0 bridgehead atoms. The number of carbonyl (C=O) groups is 6. The quantitative estimate of drug-likeness (QED) is 0.0163. The zero-order valence-corrected chi connectivity index (χ0v) is 48.0. The van der Waals surface area contributed by atoms with Crippen molar-refractivity contribution in [3.8, 4) is 28.7 Å². The summed E-state index contributed by atoms with van der Waals surface area (Å²) < 4.78 is 57.7. The molecule has 5 atom stereocenters. The van der Waals surface area contributed by atoms with Crippen molar-refractivity contribution in [3.63, 3.8) is 0 Å². The van der Waals surface area contributed by atoms with Crippen LogP contribution in [0.25, 0.3) is 5.76 Å². The Kier molecular flexibility index (Phi) is 35.3. The Morgan fingerprint density at radius 2 is 0.662 bits per heavy atom. The van der Waals surface area contributed by atoms with E-state index in [0.717, 1.165) is 127 Å². The Balaban J connectivity index is 2.72. The van der Waals surface area contributed by atoms with E-state index in [2.05, 4.69) is 34.6 Å². The van der Waals surface area contributed by atoms with E-state index < -0.39 is 89.2 Å². The van der Waals surface area contributed by atoms with E-state index in [1.54, 1.807) is 6.92 Å². The highest BCUT2D eigenvalue weighted by Gasteiger charge is 2.30. The number of hydrogen-bond donors (Lipinski definition) is 1. The molecule has 2 aromatic rings. The lowest BCUT2D eigenvalue weighted by Gasteiger charge is -2.20. The molecule has 17 heteroatoms. The molecule has 0 saturated carbocycles. The van der Waals surface area contributed by atoms with Gasteiger partial charge in [-0.15, -0.1) is 0 Å². The molecule has 0 amide bonds. The SMILES string of the molecule is CCCCCCO[C@@H](C)C(=O)Oc1ccc(C(=O)/C=C(\O)c2cc(OC(=O)[C@H](C)OCCCCCC)c(OC(=O)[C@H](C)OCCCCCC)c(OC(=O)[C@H](C)OCCCCCC)c2)cc1OC(=O)[C@H](C)OCCCCCC. The zero-order valence-electron chi connectivity index (χ0n) is 48.0. The van der Waals surface area contributed by atoms with E-state index in [1.165, 1.54) is 45.9 Å². The van der Waals surface area contributed by atoms with Crippen LogP contribution in [0.2, 0.25) is 0 Å². The van der Waals surface area contributed by atoms with Crippen LogP contribution in [0.1, 0.15) is 214 Å². The summed E-state index contributed by atoms with van der Waals surface area (Å²) in [6.45, 7) is 19.4. The second kappa shape index (κ2) is 40.1. The number of ether oxygens (including phenoxy) is 10. The number of aliphatic hydroxyl groups is 1. The largest absolute Gasteiger partial charge is 0.507 e. The average molecular weight is 1090 g/mol. The number of carbonyl (C=O) groups excluding carboxylic acids is 6. The van der Waals surface area contributed by atoms with Crippen LogP contribution in [0.5, 0.6) is 28.7 Å². The standard InChI is InChI=1S/C60H92O17/c1-11-16-21-26-33-68-42(6)56(63)73-51-32-31-47(38-52(51)74-57(64)43(7)69-34-27-22-17-12-2)49(61)41-50(62)48-39-53(75-58(65)44(8)70-35-28-23-18-13-3)55(77-60(67)46(10)72-37-30-25-20-15-5)54(40-48)76-59(66)45(9)71-36-29-24-19-14-4/h31-32,38-46,62H,11-30,33-37H2,1-10H3/b50-41-/t42-,43-,44-,45-,46-/m0/s1. The van der Waals surface area contributed by atoms with Gasteiger partial charge in [0.2, 0.25) is 5.75 Å². The molecule has 0 fully saturated rings. The third-order valence-corrected chi connectivity index (χ3v) is 12.3. The number of allylic oxidation sites excluding steroid dienone is 1. The van der Waals surface area contributed by atoms with Crippen molar-refractivity contribution in [2.24, 2.45) is 0 Å². The fourth-order valence-electron chi connectivity index (χ4n) is 7.33. The number of hydrogen-bond acceptors (Lipinski definition) is 17. The summed E-state index contributed by atoms with van der Waals surface area (Å²) in [5.74, 6) is -7.68. The number of rotatable bonds is 43. The van der Waals surface area contributed by atoms with Gasteiger partial charge in [0.25, 0.3) is 0 Å². The van der Waals surface area contributed by atoms with Crippen molar-refractivity contribution in [1.82, 2.24) is 0 Å². The molecule has 77 heavy (non-hydrogen) atoms. The molecular weight excluding hydrogens is 993 g/mol. The van der Waals surface area contributed by atoms with Gasteiger partial charge < -0.3 is 52.5 Å². The minimum atomic E-state index is -1.11. The molecule has 17 nitrogen and oxygen atoms in total. The van der Waals surface area contributed by atoms with Crippen LogP contribution in [0, 0.1) is 0 Å². The third-order valence-electron chi connectivity index (χ3n) is 12.3. The Hall–Kier alpha value is -5.20. The third kappa shape index (κ3) is 27.3. The van der Waals surface area contributed by atoms with Crippen LogP contribution in [0.3, 0.4) is 0 Å². The monoisotopic (exact) mass is 1080 g/mol. The van der Waals surface area contributed by atoms with E-state index in [1.807, 2.05) is 0 Å². The summed E-state index contributed by atoms with van der Waals surface area (Å²) in [4.78, 5) is 81.9. The summed E-state index contributed by atoms with van der Waals surface area (Å²) in [6, 6.07) is 6.04. The van der Waals surface area contributed by atoms with E-state index in [4.69, 9.17) is 47.4 Å². The molecule has 1 N–H and O–H groups in total. The highest BCUT2D eigenvalue weighted by atomic mass is 16.6. The van der Waals surface area contributed by atoms with Crippen molar-refractivity contribution in [3.05, 3.63) is 47.5 Å². The van der Waals surface area contributed by atoms with Gasteiger partial charge in [-0.1, -0.05) is 131 Å². The highest BCUT2D eigenvalue weighted by Crippen LogP contribution is 2.42. The first-order valence-electron chi connectivity index (χ1n) is 28.4. The molecule has 0 spiro atoms. The van der Waals surface area contributed by atoms with Gasteiger partial charge in [0, 0.05) is 50.2 Å². The molecular formula is C60H92O17. The lowest BCUT2D eigenvalue weighted by molar-refractivity contribution is -0.150. The summed E-state index contributed by atoms with van der Waals surface area (Å²) in [5, 5.41) is 11.8. The number of ketones is 1. The van der Waals surface area contributed by atoms with Crippen molar-refractivity contribution < 1.29 is 81.2 Å². The highest BCUT2D eigenvalue weighted by molar-refractivity contribution is 6.08. The molecule has 0 aliphatic heterocycles. The number of esters is 5. The molecule has 0 heterocycles. The lowest BCUT2D eigenvalue weighted by atomic mass is 10.1. The molecule has 0 aliphatic carbocycles. The minimum Gasteiger partial charge on any atom is -0.507 e. The lowest BCUT2D eigenvalue weighted by Crippen LogP contribution is -2.29. The number of benzene rings is 2. The topological polar surface area (TPSA) is 215 Å². The van der Waals surface area contributed by atoms with Gasteiger partial charge in [-0.2, -0.15) is 0 Å². The summed E-state index contributed by atoms with van der Waals surface area (Å²) in [6.07, 6.45) is 13.8. The minimum absolute atomic E-state index is 0.116. The van der Waals surface area contributed by atoms with Gasteiger partial charge >= 0.3 is 29.8 Å². The number of aliphatic hydroxyl groups excluding tert-OH is 1. The summed E-state index contributed by atoms with van der Waals surface area (Å²) in [7, 11) is 0. The van der Waals surface area contributed by atoms with Crippen LogP contribution in [-0.4, -0.2) is 104 Å². The van der Waals surface area contributed by atoms with Gasteiger partial charge in [-0.05, 0) is 97.1 Å². The predicted molar refractivity (Wildman–Crippen MR) is 294 cm³/mol. The molecule has 434 valence electrons. The van der Waals surface area contributed by atoms with E-state index in [9.17, 15) is 33.9 Å². The first kappa shape index (κ1) is 67.9. The zero-order chi connectivity index (χ0) is 57.0. The van der Waals surface area contributed by atoms with E-state index in [0.29, 0.717) is 32.5 Å². The van der Waals surface area contributed by atoms with E-state index in [-0.39, 0.29) is 42.4 Å². The Labute approximate surface area is 458 Å². The normalized spacial score (nSPS) is 13.5. The summed E-state index contributed by atoms with van der Waals surface area (Å²) >= 11 is 0.